The maximum absolute atomic E-state index is 5.80. The first-order chi connectivity index (χ1) is 8.34. The molecule has 6 nitrogen and oxygen atoms in total. The standard InChI is InChI=1S/C11H12N4O2/c12-8-2-1-4-13-9(8)11-14-10(15-17-11)7-3-5-16-6-7/h1-2,4,7H,3,5-6,12H2. The van der Waals surface area contributed by atoms with Crippen molar-refractivity contribution in [3.05, 3.63) is 24.2 Å². The number of pyridine rings is 1. The Kier molecular flexibility index (Phi) is 2.49. The summed E-state index contributed by atoms with van der Waals surface area (Å²) in [7, 11) is 0. The maximum Gasteiger partial charge on any atom is 0.278 e. The summed E-state index contributed by atoms with van der Waals surface area (Å²) in [5, 5.41) is 3.95. The molecule has 1 aliphatic heterocycles. The third-order valence-corrected chi connectivity index (χ3v) is 2.78. The summed E-state index contributed by atoms with van der Waals surface area (Å²) < 4.78 is 10.5. The fraction of sp³-hybridized carbons (Fsp3) is 0.364. The fourth-order valence-electron chi connectivity index (χ4n) is 1.83. The van der Waals surface area contributed by atoms with Gasteiger partial charge in [-0.1, -0.05) is 5.16 Å². The van der Waals surface area contributed by atoms with Crippen molar-refractivity contribution >= 4 is 5.69 Å². The lowest BCUT2D eigenvalue weighted by Gasteiger charge is -1.98. The maximum atomic E-state index is 5.80. The van der Waals surface area contributed by atoms with Gasteiger partial charge in [-0.05, 0) is 18.6 Å². The van der Waals surface area contributed by atoms with E-state index >= 15 is 0 Å². The number of nitrogens with two attached hydrogens (primary N) is 1. The van der Waals surface area contributed by atoms with Crippen LogP contribution < -0.4 is 5.73 Å². The van der Waals surface area contributed by atoms with E-state index in [2.05, 4.69) is 15.1 Å². The minimum Gasteiger partial charge on any atom is -0.397 e. The van der Waals surface area contributed by atoms with E-state index in [9.17, 15) is 0 Å². The second kappa shape index (κ2) is 4.14. The lowest BCUT2D eigenvalue weighted by atomic mass is 10.1. The molecule has 0 radical (unpaired) electrons. The van der Waals surface area contributed by atoms with Crippen LogP contribution in [0, 0.1) is 0 Å². The van der Waals surface area contributed by atoms with Crippen LogP contribution in [0.4, 0.5) is 5.69 Å². The smallest absolute Gasteiger partial charge is 0.278 e. The summed E-state index contributed by atoms with van der Waals surface area (Å²) in [6, 6.07) is 3.52. The first-order valence-electron chi connectivity index (χ1n) is 5.47. The quantitative estimate of drug-likeness (QED) is 0.837. The third kappa shape index (κ3) is 1.87. The minimum atomic E-state index is 0.220. The van der Waals surface area contributed by atoms with Gasteiger partial charge in [-0.25, -0.2) is 4.98 Å². The predicted octanol–water partition coefficient (Wildman–Crippen LogP) is 1.22. The van der Waals surface area contributed by atoms with Crippen molar-refractivity contribution in [2.24, 2.45) is 0 Å². The average Bonchev–Trinajstić information content (AvgIpc) is 3.00. The minimum absolute atomic E-state index is 0.220. The Balaban J connectivity index is 1.92. The highest BCUT2D eigenvalue weighted by Gasteiger charge is 2.24. The van der Waals surface area contributed by atoms with Crippen molar-refractivity contribution in [3.8, 4) is 11.6 Å². The largest absolute Gasteiger partial charge is 0.397 e. The van der Waals surface area contributed by atoms with Crippen molar-refractivity contribution in [3.63, 3.8) is 0 Å². The zero-order valence-corrected chi connectivity index (χ0v) is 9.17. The van der Waals surface area contributed by atoms with Crippen molar-refractivity contribution in [1.82, 2.24) is 15.1 Å². The van der Waals surface area contributed by atoms with Gasteiger partial charge in [-0.3, -0.25) is 0 Å². The molecule has 1 atom stereocenters. The second-order valence-electron chi connectivity index (χ2n) is 3.96. The molecular formula is C11H12N4O2. The van der Waals surface area contributed by atoms with E-state index in [1.807, 2.05) is 0 Å². The van der Waals surface area contributed by atoms with Crippen molar-refractivity contribution in [1.29, 1.82) is 0 Å². The van der Waals surface area contributed by atoms with Gasteiger partial charge in [0.25, 0.3) is 5.89 Å². The van der Waals surface area contributed by atoms with Gasteiger partial charge in [0.2, 0.25) is 0 Å². The first kappa shape index (κ1) is 10.2. The molecule has 17 heavy (non-hydrogen) atoms. The molecule has 1 saturated heterocycles. The number of aromatic nitrogens is 3. The molecule has 2 aromatic rings. The van der Waals surface area contributed by atoms with Crippen LogP contribution in [0.1, 0.15) is 18.2 Å². The van der Waals surface area contributed by atoms with Crippen LogP contribution in [0.25, 0.3) is 11.6 Å². The number of nitrogen functional groups attached to an aromatic ring is 1. The summed E-state index contributed by atoms with van der Waals surface area (Å²) in [6.45, 7) is 1.40. The molecule has 0 spiro atoms. The van der Waals surface area contributed by atoms with Crippen LogP contribution in [0.5, 0.6) is 0 Å². The van der Waals surface area contributed by atoms with E-state index < -0.39 is 0 Å². The second-order valence-corrected chi connectivity index (χ2v) is 3.96. The Morgan fingerprint density at radius 3 is 3.12 bits per heavy atom. The Labute approximate surface area is 97.8 Å². The van der Waals surface area contributed by atoms with Crippen molar-refractivity contribution < 1.29 is 9.26 Å². The van der Waals surface area contributed by atoms with Gasteiger partial charge in [-0.15, -0.1) is 0 Å². The average molecular weight is 232 g/mol. The predicted molar refractivity (Wildman–Crippen MR) is 60.1 cm³/mol. The molecule has 0 aromatic carbocycles. The molecule has 3 heterocycles. The van der Waals surface area contributed by atoms with Gasteiger partial charge < -0.3 is 15.0 Å². The van der Waals surface area contributed by atoms with Crippen molar-refractivity contribution in [2.45, 2.75) is 12.3 Å². The highest BCUT2D eigenvalue weighted by Crippen LogP contribution is 2.26. The van der Waals surface area contributed by atoms with Gasteiger partial charge >= 0.3 is 0 Å². The summed E-state index contributed by atoms with van der Waals surface area (Å²) in [4.78, 5) is 8.46. The van der Waals surface area contributed by atoms with E-state index in [1.165, 1.54) is 0 Å². The van der Waals surface area contributed by atoms with E-state index in [4.69, 9.17) is 15.0 Å². The highest BCUT2D eigenvalue weighted by molar-refractivity contribution is 5.65. The fourth-order valence-corrected chi connectivity index (χ4v) is 1.83. The first-order valence-corrected chi connectivity index (χ1v) is 5.47. The number of anilines is 1. The molecular weight excluding hydrogens is 220 g/mol. The molecule has 1 fully saturated rings. The van der Waals surface area contributed by atoms with Gasteiger partial charge in [0.15, 0.2) is 11.5 Å². The van der Waals surface area contributed by atoms with Gasteiger partial charge in [0.1, 0.15) is 0 Å². The molecule has 6 heteroatoms. The molecule has 0 amide bonds. The lowest BCUT2D eigenvalue weighted by molar-refractivity contribution is 0.192. The lowest BCUT2D eigenvalue weighted by Crippen LogP contribution is -2.00. The molecule has 2 aromatic heterocycles. The van der Waals surface area contributed by atoms with Gasteiger partial charge in [0, 0.05) is 18.7 Å². The molecule has 1 unspecified atom stereocenters. The summed E-state index contributed by atoms with van der Waals surface area (Å²) in [5.74, 6) is 1.25. The van der Waals surface area contributed by atoms with Crippen LogP contribution in [0.3, 0.4) is 0 Å². The van der Waals surface area contributed by atoms with E-state index in [1.54, 1.807) is 18.3 Å². The third-order valence-electron chi connectivity index (χ3n) is 2.78. The van der Waals surface area contributed by atoms with Gasteiger partial charge in [-0.2, -0.15) is 4.98 Å². The number of rotatable bonds is 2. The number of ether oxygens (including phenoxy) is 1. The van der Waals surface area contributed by atoms with Crippen molar-refractivity contribution in [2.75, 3.05) is 18.9 Å². The molecule has 3 rings (SSSR count). The summed E-state index contributed by atoms with van der Waals surface area (Å²) >= 11 is 0. The number of nitrogens with zero attached hydrogens (tertiary/aromatic N) is 3. The summed E-state index contributed by atoms with van der Waals surface area (Å²) in [6.07, 6.45) is 2.57. The normalized spacial score (nSPS) is 19.6. The van der Waals surface area contributed by atoms with Crippen LogP contribution >= 0.6 is 0 Å². The molecule has 88 valence electrons. The molecule has 0 bridgehead atoms. The zero-order chi connectivity index (χ0) is 11.7. The van der Waals surface area contributed by atoms with Crippen LogP contribution in [0.15, 0.2) is 22.9 Å². The molecule has 0 aliphatic carbocycles. The Bertz CT molecular complexity index is 520. The zero-order valence-electron chi connectivity index (χ0n) is 9.17. The Morgan fingerprint density at radius 2 is 2.35 bits per heavy atom. The Morgan fingerprint density at radius 1 is 1.41 bits per heavy atom. The van der Waals surface area contributed by atoms with Crippen LogP contribution in [-0.2, 0) is 4.74 Å². The number of hydrogen-bond donors (Lipinski definition) is 1. The van der Waals surface area contributed by atoms with E-state index in [0.29, 0.717) is 29.7 Å². The molecule has 0 saturated carbocycles. The number of hydrogen-bond acceptors (Lipinski definition) is 6. The van der Waals surface area contributed by atoms with E-state index in [-0.39, 0.29) is 5.92 Å². The molecule has 2 N–H and O–H groups in total. The highest BCUT2D eigenvalue weighted by atomic mass is 16.5. The SMILES string of the molecule is Nc1cccnc1-c1nc(C2CCOC2)no1. The van der Waals surface area contributed by atoms with Gasteiger partial charge in [0.05, 0.1) is 12.3 Å². The van der Waals surface area contributed by atoms with Crippen LogP contribution in [0.2, 0.25) is 0 Å². The Hall–Kier alpha value is -1.95. The topological polar surface area (TPSA) is 87.1 Å². The molecule has 1 aliphatic rings. The van der Waals surface area contributed by atoms with E-state index in [0.717, 1.165) is 13.0 Å². The summed E-state index contributed by atoms with van der Waals surface area (Å²) in [5.41, 5.74) is 6.87. The monoisotopic (exact) mass is 232 g/mol. The van der Waals surface area contributed by atoms with Crippen LogP contribution in [-0.4, -0.2) is 28.3 Å².